The number of carboxylic acid groups (broad SMARTS) is 1. The summed E-state index contributed by atoms with van der Waals surface area (Å²) in [6, 6.07) is 13.0. The van der Waals surface area contributed by atoms with Crippen LogP contribution in [-0.4, -0.2) is 26.3 Å². The molecule has 0 aliphatic carbocycles. The number of H-pyrrole nitrogens is 1. The van der Waals surface area contributed by atoms with Crippen LogP contribution in [0.15, 0.2) is 53.3 Å². The average molecular weight is 369 g/mol. The second-order valence-corrected chi connectivity index (χ2v) is 5.79. The number of halogens is 1. The van der Waals surface area contributed by atoms with Crippen LogP contribution in [0.5, 0.6) is 5.75 Å². The van der Waals surface area contributed by atoms with E-state index in [1.165, 1.54) is 12.1 Å². The van der Waals surface area contributed by atoms with Gasteiger partial charge in [-0.15, -0.1) is 10.2 Å². The first-order chi connectivity index (χ1) is 13.0. The molecule has 0 amide bonds. The molecular weight excluding hydrogens is 353 g/mol. The van der Waals surface area contributed by atoms with Crippen molar-refractivity contribution in [1.82, 2.24) is 15.2 Å². The number of carbonyl (C=O) groups is 1. The van der Waals surface area contributed by atoms with E-state index in [1.54, 1.807) is 36.4 Å². The Morgan fingerprint density at radius 1 is 1.15 bits per heavy atom. The van der Waals surface area contributed by atoms with E-state index in [4.69, 9.17) is 9.84 Å². The van der Waals surface area contributed by atoms with E-state index in [0.29, 0.717) is 16.9 Å². The minimum Gasteiger partial charge on any atom is -0.489 e. The van der Waals surface area contributed by atoms with Crippen LogP contribution >= 0.6 is 0 Å². The largest absolute Gasteiger partial charge is 0.489 e. The smallest absolute Gasteiger partial charge is 0.303 e. The summed E-state index contributed by atoms with van der Waals surface area (Å²) in [6.45, 7) is 0.228. The van der Waals surface area contributed by atoms with Gasteiger partial charge in [0, 0.05) is 12.0 Å². The van der Waals surface area contributed by atoms with Crippen LogP contribution in [0.25, 0.3) is 11.4 Å². The zero-order valence-electron chi connectivity index (χ0n) is 14.2. The van der Waals surface area contributed by atoms with Crippen molar-refractivity contribution in [1.29, 1.82) is 0 Å². The molecule has 0 radical (unpaired) electrons. The Balaban J connectivity index is 1.67. The number of aromatic nitrogens is 3. The van der Waals surface area contributed by atoms with E-state index in [9.17, 15) is 14.0 Å². The van der Waals surface area contributed by atoms with Crippen molar-refractivity contribution in [3.8, 4) is 17.1 Å². The molecule has 27 heavy (non-hydrogen) atoms. The predicted octanol–water partition coefficient (Wildman–Crippen LogP) is 2.57. The van der Waals surface area contributed by atoms with Crippen LogP contribution in [0.2, 0.25) is 0 Å². The Kier molecular flexibility index (Phi) is 5.55. The summed E-state index contributed by atoms with van der Waals surface area (Å²) in [7, 11) is 0. The monoisotopic (exact) mass is 369 g/mol. The van der Waals surface area contributed by atoms with Gasteiger partial charge >= 0.3 is 5.97 Å². The van der Waals surface area contributed by atoms with E-state index in [0.717, 1.165) is 0 Å². The molecular formula is C19H16FN3O4. The number of hydrogen-bond donors (Lipinski definition) is 2. The molecule has 2 N–H and O–H groups in total. The molecule has 8 heteroatoms. The van der Waals surface area contributed by atoms with Gasteiger partial charge < -0.3 is 14.8 Å². The van der Waals surface area contributed by atoms with Gasteiger partial charge in [0.25, 0.3) is 5.56 Å². The number of nitrogens with one attached hydrogen (secondary N) is 1. The third-order valence-corrected chi connectivity index (χ3v) is 3.76. The lowest BCUT2D eigenvalue weighted by Crippen LogP contribution is -2.18. The maximum Gasteiger partial charge on any atom is 0.303 e. The maximum absolute atomic E-state index is 13.2. The van der Waals surface area contributed by atoms with Crippen molar-refractivity contribution in [2.75, 3.05) is 0 Å². The van der Waals surface area contributed by atoms with Crippen molar-refractivity contribution in [3.05, 3.63) is 76.0 Å². The van der Waals surface area contributed by atoms with Crippen LogP contribution < -0.4 is 10.3 Å². The summed E-state index contributed by atoms with van der Waals surface area (Å²) in [5.74, 6) is -0.470. The SMILES string of the molecule is O=C(O)CCc1nnc(-c2ccc(OCc3cccc(F)c3)cc2)[nH]c1=O. The van der Waals surface area contributed by atoms with Crippen LogP contribution in [0.1, 0.15) is 17.7 Å². The number of aromatic amines is 1. The minimum atomic E-state index is -1.01. The minimum absolute atomic E-state index is 0.0187. The molecule has 0 saturated heterocycles. The van der Waals surface area contributed by atoms with E-state index >= 15 is 0 Å². The Labute approximate surface area is 153 Å². The molecule has 0 saturated carbocycles. The predicted molar refractivity (Wildman–Crippen MR) is 94.8 cm³/mol. The first-order valence-electron chi connectivity index (χ1n) is 8.16. The number of aliphatic carboxylic acids is 1. The Bertz CT molecular complexity index is 1000. The fraction of sp³-hybridized carbons (Fsp3) is 0.158. The topological polar surface area (TPSA) is 105 Å². The highest BCUT2D eigenvalue weighted by molar-refractivity contribution is 5.66. The van der Waals surface area contributed by atoms with E-state index in [2.05, 4.69) is 15.2 Å². The molecule has 0 spiro atoms. The summed E-state index contributed by atoms with van der Waals surface area (Å²) in [5, 5.41) is 16.4. The number of benzene rings is 2. The number of rotatable bonds is 7. The first-order valence-corrected chi connectivity index (χ1v) is 8.16. The number of ether oxygens (including phenoxy) is 1. The van der Waals surface area contributed by atoms with Crippen molar-refractivity contribution < 1.29 is 19.0 Å². The van der Waals surface area contributed by atoms with Gasteiger partial charge in [-0.1, -0.05) is 12.1 Å². The second-order valence-electron chi connectivity index (χ2n) is 5.79. The third kappa shape index (κ3) is 4.97. The molecule has 1 aromatic heterocycles. The van der Waals surface area contributed by atoms with Crippen molar-refractivity contribution >= 4 is 5.97 Å². The fourth-order valence-corrected chi connectivity index (χ4v) is 2.38. The van der Waals surface area contributed by atoms with Gasteiger partial charge in [-0.25, -0.2) is 4.39 Å². The van der Waals surface area contributed by atoms with Crippen LogP contribution in [0.3, 0.4) is 0 Å². The van der Waals surface area contributed by atoms with Gasteiger partial charge in [-0.2, -0.15) is 0 Å². The van der Waals surface area contributed by atoms with Gasteiger partial charge in [-0.05, 0) is 42.0 Å². The highest BCUT2D eigenvalue weighted by Gasteiger charge is 2.09. The molecule has 3 aromatic rings. The molecule has 0 unspecified atom stereocenters. The zero-order valence-corrected chi connectivity index (χ0v) is 14.2. The Morgan fingerprint density at radius 3 is 2.59 bits per heavy atom. The van der Waals surface area contributed by atoms with Crippen molar-refractivity contribution in [2.45, 2.75) is 19.4 Å². The highest BCUT2D eigenvalue weighted by atomic mass is 19.1. The lowest BCUT2D eigenvalue weighted by atomic mass is 10.2. The van der Waals surface area contributed by atoms with Crippen molar-refractivity contribution in [2.24, 2.45) is 0 Å². The first kappa shape index (κ1) is 18.2. The number of nitrogens with zero attached hydrogens (tertiary/aromatic N) is 2. The number of aryl methyl sites for hydroxylation is 1. The highest BCUT2D eigenvalue weighted by Crippen LogP contribution is 2.19. The van der Waals surface area contributed by atoms with Gasteiger partial charge in [0.05, 0.1) is 6.42 Å². The summed E-state index contributed by atoms with van der Waals surface area (Å²) in [4.78, 5) is 25.1. The quantitative estimate of drug-likeness (QED) is 0.663. The van der Waals surface area contributed by atoms with Gasteiger partial charge in [0.15, 0.2) is 5.82 Å². The van der Waals surface area contributed by atoms with E-state index < -0.39 is 11.5 Å². The average Bonchev–Trinajstić information content (AvgIpc) is 2.66. The normalized spacial score (nSPS) is 10.6. The molecule has 1 heterocycles. The summed E-state index contributed by atoms with van der Waals surface area (Å²) in [5.41, 5.74) is 0.956. The zero-order chi connectivity index (χ0) is 19.2. The Hall–Kier alpha value is -3.55. The third-order valence-electron chi connectivity index (χ3n) is 3.76. The van der Waals surface area contributed by atoms with Gasteiger partial charge in [0.2, 0.25) is 0 Å². The second kappa shape index (κ2) is 8.22. The van der Waals surface area contributed by atoms with Crippen LogP contribution in [-0.2, 0) is 17.8 Å². The molecule has 0 bridgehead atoms. The maximum atomic E-state index is 13.2. The lowest BCUT2D eigenvalue weighted by molar-refractivity contribution is -0.136. The summed E-state index contributed by atoms with van der Waals surface area (Å²) >= 11 is 0. The van der Waals surface area contributed by atoms with E-state index in [-0.39, 0.29) is 36.8 Å². The van der Waals surface area contributed by atoms with Crippen LogP contribution in [0.4, 0.5) is 4.39 Å². The van der Waals surface area contributed by atoms with Crippen molar-refractivity contribution in [3.63, 3.8) is 0 Å². The molecule has 0 aliphatic heterocycles. The molecule has 2 aromatic carbocycles. The van der Waals surface area contributed by atoms with Gasteiger partial charge in [0.1, 0.15) is 23.9 Å². The van der Waals surface area contributed by atoms with Gasteiger partial charge in [-0.3, -0.25) is 9.59 Å². The lowest BCUT2D eigenvalue weighted by Gasteiger charge is -2.07. The number of hydrogen-bond acceptors (Lipinski definition) is 5. The molecule has 7 nitrogen and oxygen atoms in total. The molecule has 0 fully saturated rings. The summed E-state index contributed by atoms with van der Waals surface area (Å²) < 4.78 is 18.8. The van der Waals surface area contributed by atoms with Crippen LogP contribution in [0, 0.1) is 5.82 Å². The standard InChI is InChI=1S/C19H16FN3O4/c20-14-3-1-2-12(10-14)11-27-15-6-4-13(5-7-15)18-21-19(26)16(22-23-18)8-9-17(24)25/h1-7,10H,8-9,11H2,(H,24,25)(H,21,23,26). The molecule has 138 valence electrons. The van der Waals surface area contributed by atoms with E-state index in [1.807, 2.05) is 0 Å². The Morgan fingerprint density at radius 2 is 1.93 bits per heavy atom. The molecule has 0 aliphatic rings. The molecule has 0 atom stereocenters. The molecule has 3 rings (SSSR count). The fourth-order valence-electron chi connectivity index (χ4n) is 2.38. The number of carboxylic acids is 1. The summed E-state index contributed by atoms with van der Waals surface area (Å²) in [6.07, 6.45) is -0.167.